The first-order valence-electron chi connectivity index (χ1n) is 4.29. The van der Waals surface area contributed by atoms with Crippen molar-refractivity contribution in [3.63, 3.8) is 0 Å². The molecule has 0 saturated heterocycles. The molecular weight excluding hydrogens is 182 g/mol. The van der Waals surface area contributed by atoms with E-state index in [0.717, 1.165) is 11.4 Å². The number of aromatic nitrogens is 1. The molecule has 0 fully saturated rings. The van der Waals surface area contributed by atoms with Crippen molar-refractivity contribution in [2.45, 2.75) is 13.8 Å². The summed E-state index contributed by atoms with van der Waals surface area (Å²) < 4.78 is 6.61. The molecule has 0 radical (unpaired) electrons. The Hall–Kier alpha value is -1.09. The molecule has 0 amide bonds. The molecule has 0 aromatic carbocycles. The average Bonchev–Trinajstić information content (AvgIpc) is 2.53. The van der Waals surface area contributed by atoms with E-state index in [1.54, 1.807) is 11.3 Å². The lowest BCUT2D eigenvalue weighted by Crippen LogP contribution is -1.94. The van der Waals surface area contributed by atoms with Crippen LogP contribution in [0.1, 0.15) is 12.5 Å². The van der Waals surface area contributed by atoms with E-state index < -0.39 is 0 Å². The summed E-state index contributed by atoms with van der Waals surface area (Å²) in [5, 5.41) is 2.06. The molecule has 0 aliphatic carbocycles. The summed E-state index contributed by atoms with van der Waals surface area (Å²) in [7, 11) is 0. The second kappa shape index (κ2) is 3.34. The number of pyridine rings is 1. The van der Waals surface area contributed by atoms with Crippen LogP contribution < -0.4 is 4.74 Å². The predicted octanol–water partition coefficient (Wildman–Crippen LogP) is 3.00. The van der Waals surface area contributed by atoms with Crippen LogP contribution in [0.25, 0.3) is 10.2 Å². The van der Waals surface area contributed by atoms with Gasteiger partial charge in [0.25, 0.3) is 0 Å². The molecule has 0 spiro atoms. The zero-order valence-corrected chi connectivity index (χ0v) is 8.52. The molecule has 0 aliphatic heterocycles. The minimum Gasteiger partial charge on any atom is -0.478 e. The molecule has 3 heteroatoms. The largest absolute Gasteiger partial charge is 0.478 e. The number of hydrogen-bond acceptors (Lipinski definition) is 3. The first-order valence-corrected chi connectivity index (χ1v) is 5.17. The van der Waals surface area contributed by atoms with E-state index in [-0.39, 0.29) is 0 Å². The third-order valence-corrected chi connectivity index (χ3v) is 2.90. The molecule has 2 rings (SSSR count). The molecule has 0 atom stereocenters. The molecule has 0 bridgehead atoms. The van der Waals surface area contributed by atoms with Gasteiger partial charge in [0.05, 0.1) is 16.8 Å². The summed E-state index contributed by atoms with van der Waals surface area (Å²) in [6, 6.07) is 4.01. The molecule has 2 nitrogen and oxygen atoms in total. The fourth-order valence-corrected chi connectivity index (χ4v) is 2.12. The molecular formula is C10H11NOS. The molecule has 0 aliphatic rings. The molecule has 2 heterocycles. The Morgan fingerprint density at radius 2 is 2.38 bits per heavy atom. The highest BCUT2D eigenvalue weighted by Crippen LogP contribution is 2.25. The second-order valence-electron chi connectivity index (χ2n) is 2.85. The van der Waals surface area contributed by atoms with Crippen molar-refractivity contribution in [3.8, 4) is 5.88 Å². The summed E-state index contributed by atoms with van der Waals surface area (Å²) in [5.41, 5.74) is 2.27. The first kappa shape index (κ1) is 8.51. The maximum absolute atomic E-state index is 5.36. The van der Waals surface area contributed by atoms with Crippen molar-refractivity contribution in [1.82, 2.24) is 4.98 Å². The summed E-state index contributed by atoms with van der Waals surface area (Å²) >= 11 is 1.72. The van der Waals surface area contributed by atoms with Crippen LogP contribution in [0.15, 0.2) is 17.5 Å². The van der Waals surface area contributed by atoms with Gasteiger partial charge in [0.1, 0.15) is 0 Å². The Balaban J connectivity index is 2.56. The average molecular weight is 193 g/mol. The Bertz CT molecular complexity index is 422. The summed E-state index contributed by atoms with van der Waals surface area (Å²) in [5.74, 6) is 0.728. The number of hydrogen-bond donors (Lipinski definition) is 0. The Morgan fingerprint density at radius 1 is 1.54 bits per heavy atom. The van der Waals surface area contributed by atoms with Gasteiger partial charge in [0, 0.05) is 6.07 Å². The highest BCUT2D eigenvalue weighted by Gasteiger charge is 2.03. The first-order chi connectivity index (χ1) is 6.31. The SMILES string of the molecule is CCOc1cc(C)c2sccc2n1. The van der Waals surface area contributed by atoms with Crippen molar-refractivity contribution in [3.05, 3.63) is 23.1 Å². The summed E-state index contributed by atoms with van der Waals surface area (Å²) in [6.45, 7) is 4.72. The molecule has 68 valence electrons. The summed E-state index contributed by atoms with van der Waals surface area (Å²) in [6.07, 6.45) is 0. The topological polar surface area (TPSA) is 22.1 Å². The van der Waals surface area contributed by atoms with Gasteiger partial charge in [0.2, 0.25) is 5.88 Å². The van der Waals surface area contributed by atoms with Gasteiger partial charge in [-0.2, -0.15) is 0 Å². The van der Waals surface area contributed by atoms with Crippen LogP contribution >= 0.6 is 11.3 Å². The molecule has 2 aromatic heterocycles. The van der Waals surface area contributed by atoms with Gasteiger partial charge in [-0.3, -0.25) is 0 Å². The van der Waals surface area contributed by atoms with Gasteiger partial charge >= 0.3 is 0 Å². The van der Waals surface area contributed by atoms with E-state index in [4.69, 9.17) is 4.74 Å². The summed E-state index contributed by atoms with van der Waals surface area (Å²) in [4.78, 5) is 4.37. The van der Waals surface area contributed by atoms with Crippen molar-refractivity contribution < 1.29 is 4.74 Å². The van der Waals surface area contributed by atoms with Crippen molar-refractivity contribution in [1.29, 1.82) is 0 Å². The lowest BCUT2D eigenvalue weighted by Gasteiger charge is -2.03. The number of rotatable bonds is 2. The number of nitrogens with zero attached hydrogens (tertiary/aromatic N) is 1. The lowest BCUT2D eigenvalue weighted by atomic mass is 10.2. The van der Waals surface area contributed by atoms with Gasteiger partial charge in [-0.05, 0) is 30.9 Å². The zero-order valence-electron chi connectivity index (χ0n) is 7.70. The number of thiophene rings is 1. The third kappa shape index (κ3) is 1.52. The molecule has 13 heavy (non-hydrogen) atoms. The van der Waals surface area contributed by atoms with Crippen molar-refractivity contribution in [2.75, 3.05) is 6.61 Å². The number of ether oxygens (including phenoxy) is 1. The molecule has 0 unspecified atom stereocenters. The Morgan fingerprint density at radius 3 is 3.15 bits per heavy atom. The van der Waals surface area contributed by atoms with E-state index >= 15 is 0 Å². The molecule has 2 aromatic rings. The quantitative estimate of drug-likeness (QED) is 0.731. The van der Waals surface area contributed by atoms with E-state index in [1.807, 2.05) is 19.1 Å². The number of fused-ring (bicyclic) bond motifs is 1. The van der Waals surface area contributed by atoms with Gasteiger partial charge in [-0.25, -0.2) is 4.98 Å². The maximum Gasteiger partial charge on any atom is 0.214 e. The van der Waals surface area contributed by atoms with Crippen LogP contribution in [-0.2, 0) is 0 Å². The van der Waals surface area contributed by atoms with Crippen LogP contribution in [0.5, 0.6) is 5.88 Å². The second-order valence-corrected chi connectivity index (χ2v) is 3.76. The van der Waals surface area contributed by atoms with Crippen LogP contribution in [0.3, 0.4) is 0 Å². The van der Waals surface area contributed by atoms with Gasteiger partial charge in [-0.1, -0.05) is 0 Å². The minimum atomic E-state index is 0.669. The van der Waals surface area contributed by atoms with E-state index in [9.17, 15) is 0 Å². The standard InChI is InChI=1S/C10H11NOS/c1-3-12-9-6-7(2)10-8(11-9)4-5-13-10/h4-6H,3H2,1-2H3. The fourth-order valence-electron chi connectivity index (χ4n) is 1.31. The van der Waals surface area contributed by atoms with E-state index in [2.05, 4.69) is 17.3 Å². The van der Waals surface area contributed by atoms with Gasteiger partial charge in [-0.15, -0.1) is 11.3 Å². The van der Waals surface area contributed by atoms with Crippen molar-refractivity contribution in [2.24, 2.45) is 0 Å². The smallest absolute Gasteiger partial charge is 0.214 e. The lowest BCUT2D eigenvalue weighted by molar-refractivity contribution is 0.328. The van der Waals surface area contributed by atoms with Crippen LogP contribution in [0.4, 0.5) is 0 Å². The highest BCUT2D eigenvalue weighted by atomic mass is 32.1. The van der Waals surface area contributed by atoms with Crippen molar-refractivity contribution >= 4 is 21.6 Å². The predicted molar refractivity (Wildman–Crippen MR) is 55.5 cm³/mol. The van der Waals surface area contributed by atoms with Crippen LogP contribution in [-0.4, -0.2) is 11.6 Å². The zero-order chi connectivity index (χ0) is 9.26. The van der Waals surface area contributed by atoms with Crippen LogP contribution in [0.2, 0.25) is 0 Å². The highest BCUT2D eigenvalue weighted by molar-refractivity contribution is 7.17. The van der Waals surface area contributed by atoms with Crippen LogP contribution in [0, 0.1) is 6.92 Å². The number of aryl methyl sites for hydroxylation is 1. The normalized spacial score (nSPS) is 10.6. The Kier molecular flexibility index (Phi) is 2.19. The monoisotopic (exact) mass is 193 g/mol. The maximum atomic E-state index is 5.36. The Labute approximate surface area is 81.2 Å². The molecule has 0 saturated carbocycles. The van der Waals surface area contributed by atoms with E-state index in [0.29, 0.717) is 6.61 Å². The van der Waals surface area contributed by atoms with Gasteiger partial charge in [0.15, 0.2) is 0 Å². The van der Waals surface area contributed by atoms with Gasteiger partial charge < -0.3 is 4.74 Å². The minimum absolute atomic E-state index is 0.669. The third-order valence-electron chi connectivity index (χ3n) is 1.87. The molecule has 0 N–H and O–H groups in total. The fraction of sp³-hybridized carbons (Fsp3) is 0.300. The van der Waals surface area contributed by atoms with E-state index in [1.165, 1.54) is 10.3 Å².